The van der Waals surface area contributed by atoms with Crippen molar-refractivity contribution in [2.24, 2.45) is 0 Å². The Morgan fingerprint density at radius 1 is 0.857 bits per heavy atom. The molecule has 1 radical (unpaired) electrons. The van der Waals surface area contributed by atoms with E-state index in [9.17, 15) is 9.90 Å². The van der Waals surface area contributed by atoms with Gasteiger partial charge in [0.2, 0.25) is 5.75 Å². The van der Waals surface area contributed by atoms with Crippen molar-refractivity contribution >= 4 is 16.9 Å². The number of Topliss-reactive ketones (excluding diaryl/α,β-unsaturated/α-hetero) is 1. The van der Waals surface area contributed by atoms with Crippen molar-refractivity contribution in [3.05, 3.63) is 47.5 Å². The molecular formula is C21H22AcO6. The van der Waals surface area contributed by atoms with Crippen molar-refractivity contribution in [1.29, 1.82) is 0 Å². The molecule has 0 aromatic heterocycles. The monoisotopic (exact) mass is 597 g/mol. The molecule has 0 bridgehead atoms. The maximum atomic E-state index is 12.7. The SMILES string of the molecule is COc1ccc(C2=C(c3cc(OC)c(OC)c(OC)c3)C(=O)C(O)C2)cc1.[Ac]. The van der Waals surface area contributed by atoms with Crippen LogP contribution < -0.4 is 18.9 Å². The molecule has 3 rings (SSSR count). The molecule has 2 aromatic carbocycles. The third-order valence-electron chi connectivity index (χ3n) is 4.64. The van der Waals surface area contributed by atoms with E-state index in [2.05, 4.69) is 0 Å². The number of carbonyl (C=O) groups is 1. The smallest absolute Gasteiger partial charge is 0.203 e. The minimum atomic E-state index is -1.07. The molecule has 0 heterocycles. The predicted octanol–water partition coefficient (Wildman–Crippen LogP) is 2.97. The summed E-state index contributed by atoms with van der Waals surface area (Å²) in [6.07, 6.45) is -0.826. The number of aliphatic hydroxyl groups is 1. The van der Waals surface area contributed by atoms with Crippen molar-refractivity contribution < 1.29 is 72.9 Å². The molecule has 0 saturated carbocycles. The minimum absolute atomic E-state index is 0. The van der Waals surface area contributed by atoms with E-state index >= 15 is 0 Å². The third-order valence-corrected chi connectivity index (χ3v) is 4.64. The fourth-order valence-corrected chi connectivity index (χ4v) is 3.30. The van der Waals surface area contributed by atoms with Crippen LogP contribution in [0.5, 0.6) is 23.0 Å². The molecule has 6 nitrogen and oxygen atoms in total. The van der Waals surface area contributed by atoms with E-state index in [1.54, 1.807) is 19.2 Å². The number of rotatable bonds is 6. The Kier molecular flexibility index (Phi) is 7.94. The Labute approximate surface area is 200 Å². The molecule has 1 unspecified atom stereocenters. The number of benzene rings is 2. The van der Waals surface area contributed by atoms with Crippen molar-refractivity contribution in [2.45, 2.75) is 12.5 Å². The van der Waals surface area contributed by atoms with Crippen LogP contribution >= 0.6 is 0 Å². The van der Waals surface area contributed by atoms with Gasteiger partial charge in [-0.3, -0.25) is 4.79 Å². The normalized spacial score (nSPS) is 15.9. The van der Waals surface area contributed by atoms with Crippen molar-refractivity contribution in [1.82, 2.24) is 0 Å². The summed E-state index contributed by atoms with van der Waals surface area (Å²) in [6.45, 7) is 0. The van der Waals surface area contributed by atoms with Gasteiger partial charge < -0.3 is 24.1 Å². The first-order valence-electron chi connectivity index (χ1n) is 8.44. The van der Waals surface area contributed by atoms with Gasteiger partial charge in [0.15, 0.2) is 17.3 Å². The van der Waals surface area contributed by atoms with Crippen LogP contribution in [-0.2, 0) is 4.79 Å². The summed E-state index contributed by atoms with van der Waals surface area (Å²) < 4.78 is 21.3. The van der Waals surface area contributed by atoms with Crippen molar-refractivity contribution in [3.63, 3.8) is 0 Å². The molecule has 28 heavy (non-hydrogen) atoms. The van der Waals surface area contributed by atoms with Gasteiger partial charge in [-0.15, -0.1) is 0 Å². The summed E-state index contributed by atoms with van der Waals surface area (Å²) in [6, 6.07) is 10.8. The topological polar surface area (TPSA) is 74.2 Å². The van der Waals surface area contributed by atoms with Gasteiger partial charge in [0.1, 0.15) is 11.9 Å². The van der Waals surface area contributed by atoms with Crippen LogP contribution in [0.2, 0.25) is 0 Å². The van der Waals surface area contributed by atoms with Gasteiger partial charge in [-0.1, -0.05) is 12.1 Å². The number of methoxy groups -OCH3 is 4. The van der Waals surface area contributed by atoms with Crippen LogP contribution in [0.3, 0.4) is 0 Å². The van der Waals surface area contributed by atoms with Crippen LogP contribution in [0.1, 0.15) is 17.5 Å². The van der Waals surface area contributed by atoms with Gasteiger partial charge in [-0.25, -0.2) is 0 Å². The van der Waals surface area contributed by atoms with Crippen molar-refractivity contribution in [2.75, 3.05) is 28.4 Å². The van der Waals surface area contributed by atoms with Crippen LogP contribution in [0.4, 0.5) is 0 Å². The number of ketones is 1. The Balaban J connectivity index is 0.00000280. The largest absolute Gasteiger partial charge is 0.497 e. The maximum absolute atomic E-state index is 12.7. The summed E-state index contributed by atoms with van der Waals surface area (Å²) in [5.74, 6) is 1.74. The summed E-state index contributed by atoms with van der Waals surface area (Å²) in [5, 5.41) is 10.2. The first kappa shape index (κ1) is 22.7. The Hall–Kier alpha value is -1.55. The van der Waals surface area contributed by atoms with E-state index in [1.165, 1.54) is 21.3 Å². The molecule has 0 aliphatic heterocycles. The zero-order chi connectivity index (χ0) is 19.6. The Morgan fingerprint density at radius 2 is 1.43 bits per heavy atom. The Morgan fingerprint density at radius 3 is 1.89 bits per heavy atom. The second-order valence-corrected chi connectivity index (χ2v) is 6.08. The standard InChI is InChI=1S/C21H22O6.Ac/c1-24-14-7-5-12(6-8-14)15-11-16(22)20(23)19(15)13-9-17(25-2)21(27-4)18(10-13)26-3;/h5-10,16,22H,11H2,1-4H3;. The maximum Gasteiger partial charge on any atom is 0.203 e. The van der Waals surface area contributed by atoms with Crippen molar-refractivity contribution in [3.8, 4) is 23.0 Å². The number of hydrogen-bond acceptors (Lipinski definition) is 6. The summed E-state index contributed by atoms with van der Waals surface area (Å²) in [4.78, 5) is 12.7. The van der Waals surface area contributed by atoms with Gasteiger partial charge in [0.25, 0.3) is 0 Å². The molecule has 7 heteroatoms. The van der Waals surface area contributed by atoms with E-state index in [1.807, 2.05) is 24.3 Å². The van der Waals surface area contributed by atoms with Gasteiger partial charge in [-0.05, 0) is 41.0 Å². The minimum Gasteiger partial charge on any atom is -0.497 e. The zero-order valence-corrected chi connectivity index (χ0v) is 21.1. The zero-order valence-electron chi connectivity index (χ0n) is 16.3. The Bertz CT molecular complexity index is 863. The first-order valence-corrected chi connectivity index (χ1v) is 8.44. The molecule has 0 spiro atoms. The summed E-state index contributed by atoms with van der Waals surface area (Å²) in [5.41, 5.74) is 2.68. The van der Waals surface area contributed by atoms with E-state index in [0.717, 1.165) is 16.9 Å². The molecule has 0 amide bonds. The van der Waals surface area contributed by atoms with Gasteiger partial charge >= 0.3 is 0 Å². The average molecular weight is 597 g/mol. The van der Waals surface area contributed by atoms with Crippen LogP contribution in [0.25, 0.3) is 11.1 Å². The van der Waals surface area contributed by atoms with Gasteiger partial charge in [0, 0.05) is 56.1 Å². The van der Waals surface area contributed by atoms with E-state index in [4.69, 9.17) is 18.9 Å². The molecule has 1 aliphatic carbocycles. The molecule has 0 saturated heterocycles. The molecule has 2 aromatic rings. The predicted molar refractivity (Wildman–Crippen MR) is 102 cm³/mol. The number of carbonyl (C=O) groups excluding carboxylic acids is 1. The molecule has 1 N–H and O–H groups in total. The van der Waals surface area contributed by atoms with Gasteiger partial charge in [-0.2, -0.15) is 0 Å². The quantitative estimate of drug-likeness (QED) is 0.553. The number of aliphatic hydroxyl groups excluding tert-OH is 1. The number of hydrogen-bond donors (Lipinski definition) is 1. The van der Waals surface area contributed by atoms with E-state index < -0.39 is 6.10 Å². The first-order chi connectivity index (χ1) is 13.0. The van der Waals surface area contributed by atoms with Crippen LogP contribution in [0, 0.1) is 44.1 Å². The van der Waals surface area contributed by atoms with E-state index in [-0.39, 0.29) is 56.3 Å². The molecule has 1 aliphatic rings. The number of ether oxygens (including phenoxy) is 4. The average Bonchev–Trinajstić information content (AvgIpc) is 3.01. The second kappa shape index (κ2) is 9.78. The van der Waals surface area contributed by atoms with Crippen LogP contribution in [-0.4, -0.2) is 45.4 Å². The fourth-order valence-electron chi connectivity index (χ4n) is 3.30. The third kappa shape index (κ3) is 4.22. The van der Waals surface area contributed by atoms with E-state index in [0.29, 0.717) is 28.4 Å². The second-order valence-electron chi connectivity index (χ2n) is 6.08. The summed E-state index contributed by atoms with van der Waals surface area (Å²) >= 11 is 0. The molecule has 0 fully saturated rings. The molecule has 145 valence electrons. The van der Waals surface area contributed by atoms with Gasteiger partial charge in [0.05, 0.1) is 28.4 Å². The van der Waals surface area contributed by atoms with Crippen LogP contribution in [0.15, 0.2) is 36.4 Å². The molecule has 1 atom stereocenters. The summed E-state index contributed by atoms with van der Waals surface area (Å²) in [7, 11) is 6.15. The molecular weight excluding hydrogens is 575 g/mol. The fraction of sp³-hybridized carbons (Fsp3) is 0.286.